The Morgan fingerprint density at radius 2 is 1.91 bits per heavy atom. The fraction of sp³-hybridized carbons (Fsp3) is 1.00. The van der Waals surface area contributed by atoms with E-state index >= 15 is 0 Å². The number of nitrogens with one attached hydrogen (secondary N) is 2. The summed E-state index contributed by atoms with van der Waals surface area (Å²) in [5, 5.41) is 6.71. The predicted octanol–water partition coefficient (Wildman–Crippen LogP) is -0.0197. The van der Waals surface area contributed by atoms with E-state index in [0.29, 0.717) is 12.0 Å². The summed E-state index contributed by atoms with van der Waals surface area (Å²) in [5.41, 5.74) is 5.94. The summed E-state index contributed by atoms with van der Waals surface area (Å²) in [5.74, 6) is 0.678. The zero-order valence-electron chi connectivity index (χ0n) is 6.84. The van der Waals surface area contributed by atoms with Gasteiger partial charge in [0.25, 0.3) is 0 Å². The van der Waals surface area contributed by atoms with E-state index in [4.69, 9.17) is 5.73 Å². The van der Waals surface area contributed by atoms with Crippen molar-refractivity contribution in [2.24, 2.45) is 11.7 Å². The highest BCUT2D eigenvalue weighted by Crippen LogP contribution is 2.26. The SMILES string of the molecule is NC1NCNC2CCCCC12. The molecule has 1 saturated heterocycles. The average Bonchev–Trinajstić information content (AvgIpc) is 2.06. The minimum absolute atomic E-state index is 0.238. The van der Waals surface area contributed by atoms with Crippen LogP contribution in [0.5, 0.6) is 0 Å². The Balaban J connectivity index is 1.99. The van der Waals surface area contributed by atoms with E-state index in [9.17, 15) is 0 Å². The molecule has 0 bridgehead atoms. The van der Waals surface area contributed by atoms with E-state index in [0.717, 1.165) is 6.67 Å². The molecular formula is C8H17N3. The van der Waals surface area contributed by atoms with Gasteiger partial charge in [-0.05, 0) is 12.8 Å². The van der Waals surface area contributed by atoms with Gasteiger partial charge in [0, 0.05) is 18.6 Å². The van der Waals surface area contributed by atoms with Crippen LogP contribution in [0, 0.1) is 5.92 Å². The molecule has 0 aromatic heterocycles. The van der Waals surface area contributed by atoms with Crippen LogP contribution in [0.25, 0.3) is 0 Å². The summed E-state index contributed by atoms with van der Waals surface area (Å²) in [6.07, 6.45) is 5.59. The van der Waals surface area contributed by atoms with Crippen molar-refractivity contribution in [3.05, 3.63) is 0 Å². The number of fused-ring (bicyclic) bond motifs is 1. The molecule has 3 atom stereocenters. The zero-order chi connectivity index (χ0) is 7.68. The molecule has 4 N–H and O–H groups in total. The molecule has 2 fully saturated rings. The molecule has 1 aliphatic carbocycles. The maximum atomic E-state index is 5.94. The number of nitrogens with two attached hydrogens (primary N) is 1. The maximum Gasteiger partial charge on any atom is 0.0600 e. The Bertz CT molecular complexity index is 135. The largest absolute Gasteiger partial charge is 0.316 e. The highest BCUT2D eigenvalue weighted by molar-refractivity contribution is 4.89. The highest BCUT2D eigenvalue weighted by atomic mass is 15.2. The third kappa shape index (κ3) is 1.41. The standard InChI is InChI=1S/C8H17N3/c9-8-6-3-1-2-4-7(6)10-5-11-8/h6-8,10-11H,1-5,9H2. The first kappa shape index (κ1) is 7.53. The first-order valence-electron chi connectivity index (χ1n) is 4.60. The molecule has 0 aromatic carbocycles. The minimum atomic E-state index is 0.238. The Kier molecular flexibility index (Phi) is 2.11. The van der Waals surface area contributed by atoms with E-state index in [1.165, 1.54) is 25.7 Å². The molecule has 0 spiro atoms. The smallest absolute Gasteiger partial charge is 0.0600 e. The maximum absolute atomic E-state index is 5.94. The molecule has 2 aliphatic rings. The fourth-order valence-electron chi connectivity index (χ4n) is 2.30. The van der Waals surface area contributed by atoms with Gasteiger partial charge >= 0.3 is 0 Å². The van der Waals surface area contributed by atoms with Gasteiger partial charge in [-0.3, -0.25) is 5.32 Å². The first-order valence-corrected chi connectivity index (χ1v) is 4.60. The van der Waals surface area contributed by atoms with E-state index in [1.54, 1.807) is 0 Å². The predicted molar refractivity (Wildman–Crippen MR) is 44.9 cm³/mol. The van der Waals surface area contributed by atoms with Crippen molar-refractivity contribution in [1.29, 1.82) is 0 Å². The van der Waals surface area contributed by atoms with Gasteiger partial charge in [-0.2, -0.15) is 0 Å². The second-order valence-electron chi connectivity index (χ2n) is 3.67. The van der Waals surface area contributed by atoms with Gasteiger partial charge in [-0.15, -0.1) is 0 Å². The van der Waals surface area contributed by atoms with Crippen LogP contribution in [-0.4, -0.2) is 18.9 Å². The van der Waals surface area contributed by atoms with Gasteiger partial charge in [-0.25, -0.2) is 0 Å². The summed E-state index contributed by atoms with van der Waals surface area (Å²) in [7, 11) is 0. The van der Waals surface area contributed by atoms with E-state index in [1.807, 2.05) is 0 Å². The average molecular weight is 155 g/mol. The second kappa shape index (κ2) is 3.09. The van der Waals surface area contributed by atoms with Gasteiger partial charge in [0.2, 0.25) is 0 Å². The summed E-state index contributed by atoms with van der Waals surface area (Å²) in [6, 6.07) is 0.694. The van der Waals surface area contributed by atoms with Crippen molar-refractivity contribution in [1.82, 2.24) is 10.6 Å². The number of hydrogen-bond acceptors (Lipinski definition) is 3. The lowest BCUT2D eigenvalue weighted by atomic mass is 9.81. The lowest BCUT2D eigenvalue weighted by molar-refractivity contribution is 0.161. The highest BCUT2D eigenvalue weighted by Gasteiger charge is 2.32. The molecule has 1 saturated carbocycles. The van der Waals surface area contributed by atoms with Crippen LogP contribution in [0.4, 0.5) is 0 Å². The van der Waals surface area contributed by atoms with Crippen molar-refractivity contribution < 1.29 is 0 Å². The minimum Gasteiger partial charge on any atom is -0.316 e. The Hall–Kier alpha value is -0.120. The fourth-order valence-corrected chi connectivity index (χ4v) is 2.30. The van der Waals surface area contributed by atoms with Gasteiger partial charge in [0.1, 0.15) is 0 Å². The quantitative estimate of drug-likeness (QED) is 0.461. The molecule has 64 valence electrons. The zero-order valence-corrected chi connectivity index (χ0v) is 6.84. The molecule has 1 aliphatic heterocycles. The van der Waals surface area contributed by atoms with Gasteiger partial charge in [0.05, 0.1) is 6.17 Å². The van der Waals surface area contributed by atoms with Crippen LogP contribution in [0.1, 0.15) is 25.7 Å². The van der Waals surface area contributed by atoms with Gasteiger partial charge in [0.15, 0.2) is 0 Å². The third-order valence-corrected chi connectivity index (χ3v) is 2.98. The summed E-state index contributed by atoms with van der Waals surface area (Å²) < 4.78 is 0. The Morgan fingerprint density at radius 1 is 1.09 bits per heavy atom. The van der Waals surface area contributed by atoms with Gasteiger partial charge in [-0.1, -0.05) is 12.8 Å². The molecule has 0 aromatic rings. The lowest BCUT2D eigenvalue weighted by Gasteiger charge is -2.40. The molecular weight excluding hydrogens is 138 g/mol. The van der Waals surface area contributed by atoms with Crippen LogP contribution < -0.4 is 16.4 Å². The van der Waals surface area contributed by atoms with E-state index < -0.39 is 0 Å². The van der Waals surface area contributed by atoms with E-state index in [-0.39, 0.29) is 6.17 Å². The van der Waals surface area contributed by atoms with Gasteiger partial charge < -0.3 is 11.1 Å². The summed E-state index contributed by atoms with van der Waals surface area (Å²) in [6.45, 7) is 0.891. The molecule has 2 rings (SSSR count). The van der Waals surface area contributed by atoms with Crippen LogP contribution in [0.3, 0.4) is 0 Å². The molecule has 0 amide bonds. The van der Waals surface area contributed by atoms with Crippen LogP contribution in [0.15, 0.2) is 0 Å². The lowest BCUT2D eigenvalue weighted by Crippen LogP contribution is -2.61. The molecule has 11 heavy (non-hydrogen) atoms. The summed E-state index contributed by atoms with van der Waals surface area (Å²) in [4.78, 5) is 0. The third-order valence-electron chi connectivity index (χ3n) is 2.98. The topological polar surface area (TPSA) is 50.1 Å². The van der Waals surface area contributed by atoms with Crippen molar-refractivity contribution >= 4 is 0 Å². The molecule has 3 nitrogen and oxygen atoms in total. The van der Waals surface area contributed by atoms with Crippen molar-refractivity contribution in [2.75, 3.05) is 6.67 Å². The Morgan fingerprint density at radius 3 is 2.73 bits per heavy atom. The van der Waals surface area contributed by atoms with Crippen molar-refractivity contribution in [2.45, 2.75) is 37.9 Å². The number of rotatable bonds is 0. The normalized spacial score (nSPS) is 45.0. The molecule has 0 radical (unpaired) electrons. The van der Waals surface area contributed by atoms with Crippen LogP contribution >= 0.6 is 0 Å². The molecule has 3 unspecified atom stereocenters. The van der Waals surface area contributed by atoms with E-state index in [2.05, 4.69) is 10.6 Å². The van der Waals surface area contributed by atoms with Crippen LogP contribution in [0.2, 0.25) is 0 Å². The Labute approximate surface area is 67.7 Å². The summed E-state index contributed by atoms with van der Waals surface area (Å²) >= 11 is 0. The second-order valence-corrected chi connectivity index (χ2v) is 3.67. The first-order chi connectivity index (χ1) is 5.38. The number of hydrogen-bond donors (Lipinski definition) is 3. The van der Waals surface area contributed by atoms with Crippen molar-refractivity contribution in [3.63, 3.8) is 0 Å². The monoisotopic (exact) mass is 155 g/mol. The van der Waals surface area contributed by atoms with Crippen molar-refractivity contribution in [3.8, 4) is 0 Å². The molecule has 3 heteroatoms. The van der Waals surface area contributed by atoms with Crippen LogP contribution in [-0.2, 0) is 0 Å². The molecule has 1 heterocycles.